The van der Waals surface area contributed by atoms with Gasteiger partial charge in [-0.1, -0.05) is 54.6 Å². The Hall–Kier alpha value is -2.82. The lowest BCUT2D eigenvalue weighted by Gasteiger charge is -2.35. The number of rotatable bonds is 5. The van der Waals surface area contributed by atoms with E-state index in [-0.39, 0.29) is 0 Å². The number of benzene rings is 3. The van der Waals surface area contributed by atoms with Crippen LogP contribution in [-0.4, -0.2) is 57.3 Å². The van der Waals surface area contributed by atoms with Gasteiger partial charge in [0.1, 0.15) is 5.60 Å². The normalized spacial score (nSPS) is 16.9. The summed E-state index contributed by atoms with van der Waals surface area (Å²) in [4.78, 5) is 6.84. The second-order valence-corrected chi connectivity index (χ2v) is 8.35. The first-order chi connectivity index (χ1) is 14.5. The highest BCUT2D eigenvalue weighted by atomic mass is 16.3. The molecular weight excluding hydrogens is 370 g/mol. The van der Waals surface area contributed by atoms with Crippen molar-refractivity contribution in [1.29, 1.82) is 0 Å². The zero-order valence-corrected chi connectivity index (χ0v) is 18.1. The number of nitrogens with zero attached hydrogens (tertiary/aromatic N) is 3. The molecule has 1 aliphatic heterocycles. The van der Waals surface area contributed by atoms with Gasteiger partial charge in [-0.05, 0) is 48.0 Å². The van der Waals surface area contributed by atoms with E-state index < -0.39 is 5.60 Å². The first kappa shape index (κ1) is 20.5. The van der Waals surface area contributed by atoms with Crippen LogP contribution in [0.15, 0.2) is 78.9 Å². The summed E-state index contributed by atoms with van der Waals surface area (Å²) in [5, 5.41) is 12.1. The summed E-state index contributed by atoms with van der Waals surface area (Å²) in [6.45, 7) is 4.22. The molecule has 1 aliphatic rings. The van der Waals surface area contributed by atoms with E-state index in [2.05, 4.69) is 58.1 Å². The van der Waals surface area contributed by atoms with Gasteiger partial charge in [0, 0.05) is 51.6 Å². The fraction of sp³-hybridized carbons (Fsp3) is 0.308. The minimum Gasteiger partial charge on any atom is -0.378 e. The largest absolute Gasteiger partial charge is 0.378 e. The van der Waals surface area contributed by atoms with Crippen LogP contribution in [0.2, 0.25) is 0 Å². The second kappa shape index (κ2) is 8.50. The summed E-state index contributed by atoms with van der Waals surface area (Å²) >= 11 is 0. The summed E-state index contributed by atoms with van der Waals surface area (Å²) in [5.74, 6) is 0. The van der Waals surface area contributed by atoms with Crippen LogP contribution >= 0.6 is 0 Å². The molecule has 0 amide bonds. The molecule has 30 heavy (non-hydrogen) atoms. The molecule has 3 aromatic rings. The van der Waals surface area contributed by atoms with Crippen molar-refractivity contribution < 1.29 is 5.11 Å². The summed E-state index contributed by atoms with van der Waals surface area (Å²) < 4.78 is 0. The molecule has 0 aromatic heterocycles. The lowest BCUT2D eigenvalue weighted by atomic mass is 9.80. The molecule has 3 aromatic carbocycles. The molecule has 0 aliphatic carbocycles. The molecule has 0 saturated carbocycles. The van der Waals surface area contributed by atoms with E-state index in [9.17, 15) is 5.11 Å². The topological polar surface area (TPSA) is 30.0 Å². The molecule has 0 spiro atoms. The number of hydrogen-bond acceptors (Lipinski definition) is 4. The van der Waals surface area contributed by atoms with E-state index in [4.69, 9.17) is 0 Å². The predicted molar refractivity (Wildman–Crippen MR) is 125 cm³/mol. The standard InChI is InChI=1S/C26H31N3O/c1-27(2)24-13-9-22(10-14-24)26(30,21-7-5-4-6-8-21)23-11-15-25(16-12-23)29-19-17-28(3)18-20-29/h4-16,30H,17-20H2,1-3H3. The molecular formula is C26H31N3O. The van der Waals surface area contributed by atoms with Crippen LogP contribution in [0.3, 0.4) is 0 Å². The van der Waals surface area contributed by atoms with Crippen LogP contribution in [0, 0.1) is 0 Å². The number of piperazine rings is 1. The molecule has 4 rings (SSSR count). The zero-order chi connectivity index (χ0) is 21.1. The van der Waals surface area contributed by atoms with Gasteiger partial charge in [0.2, 0.25) is 0 Å². The van der Waals surface area contributed by atoms with Crippen molar-refractivity contribution in [2.45, 2.75) is 5.60 Å². The third-order valence-electron chi connectivity index (χ3n) is 6.15. The van der Waals surface area contributed by atoms with Gasteiger partial charge in [-0.3, -0.25) is 0 Å². The van der Waals surface area contributed by atoms with Crippen LogP contribution < -0.4 is 9.80 Å². The highest BCUT2D eigenvalue weighted by Gasteiger charge is 2.34. The van der Waals surface area contributed by atoms with Crippen molar-refractivity contribution in [3.8, 4) is 0 Å². The Morgan fingerprint density at radius 1 is 0.700 bits per heavy atom. The minimum absolute atomic E-state index is 0.867. The highest BCUT2D eigenvalue weighted by molar-refractivity contribution is 5.55. The summed E-state index contributed by atoms with van der Waals surface area (Å²) in [7, 11) is 6.22. The van der Waals surface area contributed by atoms with Gasteiger partial charge >= 0.3 is 0 Å². The van der Waals surface area contributed by atoms with Gasteiger partial charge in [-0.15, -0.1) is 0 Å². The van der Waals surface area contributed by atoms with Crippen molar-refractivity contribution in [2.24, 2.45) is 0 Å². The molecule has 1 saturated heterocycles. The monoisotopic (exact) mass is 401 g/mol. The smallest absolute Gasteiger partial charge is 0.140 e. The average molecular weight is 402 g/mol. The molecule has 1 atom stereocenters. The number of hydrogen-bond donors (Lipinski definition) is 1. The molecule has 4 heteroatoms. The van der Waals surface area contributed by atoms with Gasteiger partial charge < -0.3 is 19.8 Å². The molecule has 1 unspecified atom stereocenters. The van der Waals surface area contributed by atoms with E-state index in [1.165, 1.54) is 5.69 Å². The SMILES string of the molecule is CN1CCN(c2ccc(C(O)(c3ccccc3)c3ccc(N(C)C)cc3)cc2)CC1. The van der Waals surface area contributed by atoms with E-state index in [1.807, 2.05) is 56.6 Å². The molecule has 0 radical (unpaired) electrons. The van der Waals surface area contributed by atoms with Crippen molar-refractivity contribution >= 4 is 11.4 Å². The Morgan fingerprint density at radius 2 is 1.20 bits per heavy atom. The zero-order valence-electron chi connectivity index (χ0n) is 18.1. The molecule has 1 heterocycles. The van der Waals surface area contributed by atoms with E-state index in [1.54, 1.807) is 0 Å². The Bertz CT molecular complexity index is 946. The summed E-state index contributed by atoms with van der Waals surface area (Å²) in [5.41, 5.74) is 3.74. The van der Waals surface area contributed by atoms with Crippen LogP contribution in [0.5, 0.6) is 0 Å². The number of likely N-dealkylation sites (N-methyl/N-ethyl adjacent to an activating group) is 1. The van der Waals surface area contributed by atoms with Crippen LogP contribution in [0.4, 0.5) is 11.4 Å². The summed E-state index contributed by atoms with van der Waals surface area (Å²) in [6, 6.07) is 26.5. The molecule has 1 N–H and O–H groups in total. The van der Waals surface area contributed by atoms with E-state index in [0.29, 0.717) is 0 Å². The Balaban J connectivity index is 1.71. The molecule has 0 bridgehead atoms. The number of aliphatic hydroxyl groups is 1. The van der Waals surface area contributed by atoms with Gasteiger partial charge in [0.25, 0.3) is 0 Å². The fourth-order valence-corrected chi connectivity index (χ4v) is 4.16. The van der Waals surface area contributed by atoms with Crippen molar-refractivity contribution in [3.05, 3.63) is 95.6 Å². The Kier molecular flexibility index (Phi) is 5.80. The van der Waals surface area contributed by atoms with Crippen molar-refractivity contribution in [3.63, 3.8) is 0 Å². The Morgan fingerprint density at radius 3 is 1.73 bits per heavy atom. The quantitative estimate of drug-likeness (QED) is 0.659. The lowest BCUT2D eigenvalue weighted by molar-refractivity contribution is 0.126. The maximum Gasteiger partial charge on any atom is 0.140 e. The van der Waals surface area contributed by atoms with Gasteiger partial charge in [0.15, 0.2) is 0 Å². The third-order valence-corrected chi connectivity index (χ3v) is 6.15. The number of anilines is 2. The predicted octanol–water partition coefficient (Wildman–Crippen LogP) is 3.79. The van der Waals surface area contributed by atoms with E-state index in [0.717, 1.165) is 48.6 Å². The van der Waals surface area contributed by atoms with Gasteiger partial charge in [-0.25, -0.2) is 0 Å². The van der Waals surface area contributed by atoms with Gasteiger partial charge in [0.05, 0.1) is 0 Å². The second-order valence-electron chi connectivity index (χ2n) is 8.35. The lowest BCUT2D eigenvalue weighted by Crippen LogP contribution is -2.44. The maximum atomic E-state index is 12.1. The third kappa shape index (κ3) is 3.93. The van der Waals surface area contributed by atoms with Gasteiger partial charge in [-0.2, -0.15) is 0 Å². The van der Waals surface area contributed by atoms with Crippen molar-refractivity contribution in [2.75, 3.05) is 57.1 Å². The van der Waals surface area contributed by atoms with Crippen LogP contribution in [0.25, 0.3) is 0 Å². The van der Waals surface area contributed by atoms with Crippen molar-refractivity contribution in [1.82, 2.24) is 4.90 Å². The van der Waals surface area contributed by atoms with Crippen LogP contribution in [0.1, 0.15) is 16.7 Å². The van der Waals surface area contributed by atoms with E-state index >= 15 is 0 Å². The minimum atomic E-state index is -1.20. The first-order valence-electron chi connectivity index (χ1n) is 10.6. The average Bonchev–Trinajstić information content (AvgIpc) is 2.80. The maximum absolute atomic E-state index is 12.1. The fourth-order valence-electron chi connectivity index (χ4n) is 4.16. The highest BCUT2D eigenvalue weighted by Crippen LogP contribution is 2.38. The molecule has 156 valence electrons. The molecule has 1 fully saturated rings. The Labute approximate surface area is 180 Å². The molecule has 4 nitrogen and oxygen atoms in total. The van der Waals surface area contributed by atoms with Crippen LogP contribution in [-0.2, 0) is 5.60 Å². The summed E-state index contributed by atoms with van der Waals surface area (Å²) in [6.07, 6.45) is 0. The first-order valence-corrected chi connectivity index (χ1v) is 10.6.